The van der Waals surface area contributed by atoms with Crippen molar-refractivity contribution in [3.8, 4) is 11.9 Å². The molecule has 2 N–H and O–H groups in total. The van der Waals surface area contributed by atoms with Crippen LogP contribution in [0.15, 0.2) is 4.79 Å². The molecule has 0 aromatic carbocycles. The van der Waals surface area contributed by atoms with E-state index in [9.17, 15) is 4.79 Å². The van der Waals surface area contributed by atoms with Crippen LogP contribution in [0.25, 0.3) is 4.85 Å². The highest BCUT2D eigenvalue weighted by Crippen LogP contribution is 2.27. The lowest BCUT2D eigenvalue weighted by Crippen LogP contribution is -2.11. The molecule has 0 amide bonds. The topological polar surface area (TPSA) is 81.2 Å². The van der Waals surface area contributed by atoms with Crippen LogP contribution in [0.3, 0.4) is 0 Å². The van der Waals surface area contributed by atoms with Gasteiger partial charge in [-0.15, -0.1) is 0 Å². The molecule has 1 rings (SSSR count). The van der Waals surface area contributed by atoms with E-state index >= 15 is 0 Å². The van der Waals surface area contributed by atoms with Crippen LogP contribution in [-0.4, -0.2) is 10.1 Å². The number of rotatable bonds is 0. The van der Waals surface area contributed by atoms with E-state index in [0.29, 0.717) is 0 Å². The van der Waals surface area contributed by atoms with Crippen molar-refractivity contribution >= 4 is 5.69 Å². The van der Waals surface area contributed by atoms with Crippen molar-refractivity contribution in [1.82, 2.24) is 4.98 Å². The monoisotopic (exact) mass is 175 g/mol. The van der Waals surface area contributed by atoms with Crippen LogP contribution in [0.5, 0.6) is 5.88 Å². The van der Waals surface area contributed by atoms with Gasteiger partial charge in [-0.1, -0.05) is 0 Å². The number of pyridine rings is 1. The van der Waals surface area contributed by atoms with E-state index in [-0.39, 0.29) is 16.8 Å². The first-order chi connectivity index (χ1) is 6.11. The molecule has 0 unspecified atom stereocenters. The number of hydrogen-bond donors (Lipinski definition) is 2. The molecular formula is C8H5N3O2. The quantitative estimate of drug-likeness (QED) is 0.572. The number of nitrogens with one attached hydrogen (secondary N) is 1. The summed E-state index contributed by atoms with van der Waals surface area (Å²) >= 11 is 0. The maximum Gasteiger partial charge on any atom is 0.266 e. The molecule has 1 heterocycles. The summed E-state index contributed by atoms with van der Waals surface area (Å²) in [6, 6.07) is 1.67. The molecule has 1 aromatic heterocycles. The number of aromatic hydroxyl groups is 1. The summed E-state index contributed by atoms with van der Waals surface area (Å²) in [6.07, 6.45) is 0. The van der Waals surface area contributed by atoms with Crippen LogP contribution < -0.4 is 5.56 Å². The Hall–Kier alpha value is -2.27. The summed E-state index contributed by atoms with van der Waals surface area (Å²) in [7, 11) is 0. The minimum atomic E-state index is -0.676. The zero-order chi connectivity index (χ0) is 10.0. The van der Waals surface area contributed by atoms with E-state index in [2.05, 4.69) is 4.85 Å². The van der Waals surface area contributed by atoms with Crippen LogP contribution in [0.4, 0.5) is 5.69 Å². The van der Waals surface area contributed by atoms with Gasteiger partial charge in [-0.05, 0) is 12.5 Å². The third-order valence-electron chi connectivity index (χ3n) is 1.64. The smallest absolute Gasteiger partial charge is 0.266 e. The zero-order valence-corrected chi connectivity index (χ0v) is 6.75. The predicted molar refractivity (Wildman–Crippen MR) is 44.4 cm³/mol. The highest BCUT2D eigenvalue weighted by atomic mass is 16.3. The zero-order valence-electron chi connectivity index (χ0n) is 6.75. The van der Waals surface area contributed by atoms with E-state index in [1.165, 1.54) is 6.92 Å². The number of aromatic nitrogens is 1. The maximum atomic E-state index is 11.0. The molecule has 0 spiro atoms. The van der Waals surface area contributed by atoms with E-state index in [4.69, 9.17) is 16.9 Å². The lowest BCUT2D eigenvalue weighted by atomic mass is 10.1. The molecule has 5 heteroatoms. The van der Waals surface area contributed by atoms with Crippen LogP contribution in [0, 0.1) is 24.8 Å². The first-order valence-electron chi connectivity index (χ1n) is 3.35. The Balaban J connectivity index is 3.74. The highest BCUT2D eigenvalue weighted by molar-refractivity contribution is 5.63. The Kier molecular flexibility index (Phi) is 2.03. The molecule has 0 saturated heterocycles. The Morgan fingerprint density at radius 2 is 2.31 bits per heavy atom. The van der Waals surface area contributed by atoms with Crippen LogP contribution in [-0.2, 0) is 0 Å². The molecule has 0 saturated carbocycles. The molecule has 1 aromatic rings. The summed E-state index contributed by atoms with van der Waals surface area (Å²) in [5, 5.41) is 17.7. The fourth-order valence-corrected chi connectivity index (χ4v) is 0.967. The fraction of sp³-hybridized carbons (Fsp3) is 0.125. The second-order valence-electron chi connectivity index (χ2n) is 2.37. The van der Waals surface area contributed by atoms with Gasteiger partial charge < -0.3 is 10.1 Å². The van der Waals surface area contributed by atoms with Crippen LogP contribution in [0.1, 0.15) is 11.1 Å². The first kappa shape index (κ1) is 8.82. The third kappa shape index (κ3) is 1.23. The molecule has 0 atom stereocenters. The molecule has 0 aliphatic heterocycles. The standard InChI is InChI=1S/C8H5N3O2/c1-4-5(3-9)7(12)11-8(13)6(4)10-2/h1H3,(H2,11,12,13). The van der Waals surface area contributed by atoms with Gasteiger partial charge in [-0.25, -0.2) is 4.85 Å². The minimum Gasteiger partial charge on any atom is -0.503 e. The van der Waals surface area contributed by atoms with E-state index in [1.807, 2.05) is 4.98 Å². The minimum absolute atomic E-state index is 0.0869. The molecule has 0 bridgehead atoms. The molecular weight excluding hydrogens is 170 g/mol. The van der Waals surface area contributed by atoms with Crippen molar-refractivity contribution in [2.45, 2.75) is 6.92 Å². The van der Waals surface area contributed by atoms with Gasteiger partial charge in [-0.3, -0.25) is 4.79 Å². The third-order valence-corrected chi connectivity index (χ3v) is 1.64. The average Bonchev–Trinajstić information content (AvgIpc) is 2.04. The average molecular weight is 175 g/mol. The summed E-state index contributed by atoms with van der Waals surface area (Å²) in [5.74, 6) is -0.489. The van der Waals surface area contributed by atoms with Crippen LogP contribution >= 0.6 is 0 Å². The van der Waals surface area contributed by atoms with E-state index < -0.39 is 11.4 Å². The lowest BCUT2D eigenvalue weighted by molar-refractivity contribution is 0.454. The SMILES string of the molecule is [C-]#[N+]c1c(O)[nH]c(=O)c(C#N)c1C. The second-order valence-corrected chi connectivity index (χ2v) is 2.37. The van der Waals surface area contributed by atoms with Gasteiger partial charge in [-0.2, -0.15) is 5.26 Å². The van der Waals surface area contributed by atoms with E-state index in [0.717, 1.165) is 0 Å². The second kappa shape index (κ2) is 3.00. The van der Waals surface area contributed by atoms with Crippen molar-refractivity contribution in [3.05, 3.63) is 32.9 Å². The molecule has 64 valence electrons. The number of H-pyrrole nitrogens is 1. The number of hydrogen-bond acceptors (Lipinski definition) is 3. The molecule has 5 nitrogen and oxygen atoms in total. The van der Waals surface area contributed by atoms with Crippen molar-refractivity contribution in [2.24, 2.45) is 0 Å². The van der Waals surface area contributed by atoms with Gasteiger partial charge in [0.1, 0.15) is 11.6 Å². The summed E-state index contributed by atoms with van der Waals surface area (Å²) in [6.45, 7) is 8.15. The molecule has 0 radical (unpaired) electrons. The van der Waals surface area contributed by atoms with Gasteiger partial charge in [0.15, 0.2) is 5.88 Å². The number of aromatic amines is 1. The normalized spacial score (nSPS) is 8.85. The Morgan fingerprint density at radius 1 is 1.69 bits per heavy atom. The van der Waals surface area contributed by atoms with Crippen molar-refractivity contribution in [2.75, 3.05) is 0 Å². The predicted octanol–water partition coefficient (Wildman–Crippen LogP) is 0.811. The Labute approximate surface area is 73.7 Å². The van der Waals surface area contributed by atoms with Gasteiger partial charge in [0.05, 0.1) is 6.57 Å². The van der Waals surface area contributed by atoms with Gasteiger partial charge in [0.2, 0.25) is 5.69 Å². The Morgan fingerprint density at radius 3 is 2.77 bits per heavy atom. The highest BCUT2D eigenvalue weighted by Gasteiger charge is 2.12. The Bertz CT molecular complexity index is 488. The van der Waals surface area contributed by atoms with Crippen molar-refractivity contribution < 1.29 is 5.11 Å². The lowest BCUT2D eigenvalue weighted by Gasteiger charge is -2.00. The molecule has 0 aliphatic rings. The number of nitriles is 1. The number of nitrogens with zero attached hydrogens (tertiary/aromatic N) is 2. The molecule has 0 aliphatic carbocycles. The van der Waals surface area contributed by atoms with Crippen molar-refractivity contribution in [1.29, 1.82) is 5.26 Å². The maximum absolute atomic E-state index is 11.0. The first-order valence-corrected chi connectivity index (χ1v) is 3.35. The van der Waals surface area contributed by atoms with E-state index in [1.54, 1.807) is 6.07 Å². The summed E-state index contributed by atoms with van der Waals surface area (Å²) < 4.78 is 0. The van der Waals surface area contributed by atoms with Crippen LogP contribution in [0.2, 0.25) is 0 Å². The largest absolute Gasteiger partial charge is 0.503 e. The van der Waals surface area contributed by atoms with Gasteiger partial charge >= 0.3 is 0 Å². The summed E-state index contributed by atoms with van der Waals surface area (Å²) in [4.78, 5) is 16.0. The molecule has 0 fully saturated rings. The van der Waals surface area contributed by atoms with Crippen molar-refractivity contribution in [3.63, 3.8) is 0 Å². The van der Waals surface area contributed by atoms with Gasteiger partial charge in [0.25, 0.3) is 5.56 Å². The fourth-order valence-electron chi connectivity index (χ4n) is 0.967. The summed E-state index contributed by atoms with van der Waals surface area (Å²) in [5.41, 5.74) is -0.691. The van der Waals surface area contributed by atoms with Gasteiger partial charge in [0, 0.05) is 0 Å². The molecule has 13 heavy (non-hydrogen) atoms.